The number of carbonyl (C=O) groups excluding carboxylic acids is 2. The molecule has 0 aromatic carbocycles. The molecule has 0 saturated heterocycles. The highest BCUT2D eigenvalue weighted by atomic mass is 19.1. The van der Waals surface area contributed by atoms with Crippen molar-refractivity contribution in [3.05, 3.63) is 23.8 Å². The van der Waals surface area contributed by atoms with Crippen molar-refractivity contribution in [3.63, 3.8) is 0 Å². The van der Waals surface area contributed by atoms with Gasteiger partial charge < -0.3 is 9.84 Å². The maximum atomic E-state index is 17.0. The zero-order valence-corrected chi connectivity index (χ0v) is 18.7. The van der Waals surface area contributed by atoms with Crippen LogP contribution in [-0.2, 0) is 14.3 Å². The van der Waals surface area contributed by atoms with Gasteiger partial charge in [-0.1, -0.05) is 19.9 Å². The van der Waals surface area contributed by atoms with Gasteiger partial charge in [-0.3, -0.25) is 9.59 Å². The standard InChI is InChI=1S/C25H32F2O4/c1-13-9-15-16-11-18(26)17-10-14(28)5-6-24(17,4)25(16,27)19(29)12-23(15,3)20(13)31-21(30)22(2)7-8-22/h5-6,10,13,15-16,18-20,29H,7-9,11-12H2,1-4H3/t13-,15+,16+,18+,19+,20-,23+,24+,25+/m1/s1. The average molecular weight is 435 g/mol. The number of ether oxygens (including phenoxy) is 1. The number of halogens is 2. The Bertz CT molecular complexity index is 907. The quantitative estimate of drug-likeness (QED) is 0.660. The van der Waals surface area contributed by atoms with Gasteiger partial charge in [0.1, 0.15) is 12.3 Å². The third-order valence-electron chi connectivity index (χ3n) is 9.58. The first-order valence-corrected chi connectivity index (χ1v) is 11.5. The summed E-state index contributed by atoms with van der Waals surface area (Å²) in [6.45, 7) is 7.48. The van der Waals surface area contributed by atoms with Gasteiger partial charge in [-0.25, -0.2) is 8.78 Å². The highest BCUT2D eigenvalue weighted by Gasteiger charge is 2.73. The van der Waals surface area contributed by atoms with Crippen LogP contribution < -0.4 is 0 Å². The Balaban J connectivity index is 1.53. The molecule has 5 aliphatic carbocycles. The minimum Gasteiger partial charge on any atom is -0.461 e. The summed E-state index contributed by atoms with van der Waals surface area (Å²) in [5, 5.41) is 11.3. The fraction of sp³-hybridized carbons (Fsp3) is 0.760. The van der Waals surface area contributed by atoms with E-state index in [1.807, 2.05) is 20.8 Å². The molecule has 0 spiro atoms. The normalized spacial score (nSPS) is 52.0. The average Bonchev–Trinajstić information content (AvgIpc) is 3.40. The molecule has 0 heterocycles. The Morgan fingerprint density at radius 3 is 2.52 bits per heavy atom. The van der Waals surface area contributed by atoms with Crippen molar-refractivity contribution in [1.29, 1.82) is 0 Å². The van der Waals surface area contributed by atoms with Crippen LogP contribution in [0.3, 0.4) is 0 Å². The SMILES string of the molecule is C[C@@H]1C[C@H]2[C@@H]3C[C@H](F)C4=CC(=O)C=C[C@]4(C)[C@@]3(F)[C@@H](O)C[C@]2(C)[C@@H]1OC(=O)C1(C)CC1. The molecule has 0 aromatic heterocycles. The van der Waals surface area contributed by atoms with Gasteiger partial charge in [0.2, 0.25) is 0 Å². The highest BCUT2D eigenvalue weighted by molar-refractivity contribution is 6.01. The number of fused-ring (bicyclic) bond motifs is 5. The van der Waals surface area contributed by atoms with Gasteiger partial charge in [0.25, 0.3) is 0 Å². The minimum atomic E-state index is -2.08. The fourth-order valence-corrected chi connectivity index (χ4v) is 7.43. The molecular weight excluding hydrogens is 402 g/mol. The summed E-state index contributed by atoms with van der Waals surface area (Å²) in [5.74, 6) is -1.50. The topological polar surface area (TPSA) is 63.6 Å². The highest BCUT2D eigenvalue weighted by Crippen LogP contribution is 2.69. The second-order valence-corrected chi connectivity index (χ2v) is 11.5. The first-order chi connectivity index (χ1) is 14.4. The van der Waals surface area contributed by atoms with Crippen molar-refractivity contribution in [2.45, 2.75) is 83.8 Å². The second-order valence-electron chi connectivity index (χ2n) is 11.5. The number of hydrogen-bond acceptors (Lipinski definition) is 4. The van der Waals surface area contributed by atoms with Gasteiger partial charge in [0, 0.05) is 16.7 Å². The molecule has 1 N–H and O–H groups in total. The number of allylic oxidation sites excluding steroid dienone is 4. The summed E-state index contributed by atoms with van der Waals surface area (Å²) >= 11 is 0. The Kier molecular flexibility index (Phi) is 4.31. The van der Waals surface area contributed by atoms with Crippen molar-refractivity contribution in [2.24, 2.45) is 34.0 Å². The van der Waals surface area contributed by atoms with Crippen LogP contribution in [0.5, 0.6) is 0 Å². The second kappa shape index (κ2) is 6.27. The molecule has 0 bridgehead atoms. The molecule has 31 heavy (non-hydrogen) atoms. The molecule has 0 aromatic rings. The molecule has 170 valence electrons. The van der Waals surface area contributed by atoms with E-state index < -0.39 is 46.2 Å². The van der Waals surface area contributed by atoms with Gasteiger partial charge >= 0.3 is 5.97 Å². The molecule has 5 aliphatic rings. The maximum absolute atomic E-state index is 17.0. The van der Waals surface area contributed by atoms with Crippen molar-refractivity contribution in [1.82, 2.24) is 0 Å². The van der Waals surface area contributed by atoms with E-state index in [-0.39, 0.29) is 42.0 Å². The summed E-state index contributed by atoms with van der Waals surface area (Å²) in [7, 11) is 0. The Morgan fingerprint density at radius 1 is 1.19 bits per heavy atom. The molecule has 6 heteroatoms. The molecule has 0 amide bonds. The summed E-state index contributed by atoms with van der Waals surface area (Å²) in [4.78, 5) is 24.6. The lowest BCUT2D eigenvalue weighted by atomic mass is 9.45. The first-order valence-electron chi connectivity index (χ1n) is 11.5. The predicted octanol–water partition coefficient (Wildman–Crippen LogP) is 4.26. The zero-order valence-electron chi connectivity index (χ0n) is 18.7. The third-order valence-corrected chi connectivity index (χ3v) is 9.58. The Labute approximate surface area is 182 Å². The minimum absolute atomic E-state index is 0.00197. The number of esters is 1. The van der Waals surface area contributed by atoms with Crippen LogP contribution in [0.25, 0.3) is 0 Å². The van der Waals surface area contributed by atoms with Gasteiger partial charge in [0.15, 0.2) is 11.5 Å². The van der Waals surface area contributed by atoms with Crippen molar-refractivity contribution < 1.29 is 28.2 Å². The monoisotopic (exact) mass is 434 g/mol. The fourth-order valence-electron chi connectivity index (χ4n) is 7.43. The summed E-state index contributed by atoms with van der Waals surface area (Å²) < 4.78 is 38.4. The summed E-state index contributed by atoms with van der Waals surface area (Å²) in [5.41, 5.74) is -4.36. The van der Waals surface area contributed by atoms with Crippen molar-refractivity contribution in [2.75, 3.05) is 0 Å². The molecule has 4 nitrogen and oxygen atoms in total. The molecule has 0 unspecified atom stereocenters. The van der Waals surface area contributed by atoms with Gasteiger partial charge in [-0.05, 0) is 75.5 Å². The number of ketones is 1. The number of hydrogen-bond donors (Lipinski definition) is 1. The molecule has 4 fully saturated rings. The molecule has 0 radical (unpaired) electrons. The van der Waals surface area contributed by atoms with Crippen LogP contribution in [0.1, 0.15) is 59.8 Å². The summed E-state index contributed by atoms with van der Waals surface area (Å²) in [6, 6.07) is 0. The largest absolute Gasteiger partial charge is 0.461 e. The van der Waals surface area contributed by atoms with Crippen LogP contribution in [0.2, 0.25) is 0 Å². The Hall–Kier alpha value is -1.56. The van der Waals surface area contributed by atoms with Crippen LogP contribution in [0, 0.1) is 34.0 Å². The number of aliphatic hydroxyl groups excluding tert-OH is 1. The zero-order chi connectivity index (χ0) is 22.6. The number of aliphatic hydroxyl groups is 1. The van der Waals surface area contributed by atoms with E-state index in [0.717, 1.165) is 12.8 Å². The molecule has 9 atom stereocenters. The molecule has 0 aliphatic heterocycles. The lowest BCUT2D eigenvalue weighted by Crippen LogP contribution is -2.68. The van der Waals surface area contributed by atoms with E-state index in [4.69, 9.17) is 4.74 Å². The van der Waals surface area contributed by atoms with Gasteiger partial charge in [0.05, 0.1) is 11.5 Å². The van der Waals surface area contributed by atoms with Gasteiger partial charge in [-0.15, -0.1) is 0 Å². The maximum Gasteiger partial charge on any atom is 0.312 e. The van der Waals surface area contributed by atoms with Crippen LogP contribution in [-0.4, -0.2) is 40.9 Å². The molecule has 4 saturated carbocycles. The van der Waals surface area contributed by atoms with E-state index in [0.29, 0.717) is 6.42 Å². The van der Waals surface area contributed by atoms with Crippen LogP contribution >= 0.6 is 0 Å². The number of rotatable bonds is 2. The van der Waals surface area contributed by atoms with E-state index in [1.165, 1.54) is 18.2 Å². The van der Waals surface area contributed by atoms with E-state index in [2.05, 4.69) is 0 Å². The third kappa shape index (κ3) is 2.60. The first kappa shape index (κ1) is 21.3. The van der Waals surface area contributed by atoms with Crippen molar-refractivity contribution >= 4 is 11.8 Å². The van der Waals surface area contributed by atoms with Crippen LogP contribution in [0.4, 0.5) is 8.78 Å². The summed E-state index contributed by atoms with van der Waals surface area (Å²) in [6.07, 6.45) is 3.07. The number of carbonyl (C=O) groups is 2. The van der Waals surface area contributed by atoms with Crippen molar-refractivity contribution in [3.8, 4) is 0 Å². The molecule has 5 rings (SSSR count). The smallest absolute Gasteiger partial charge is 0.312 e. The van der Waals surface area contributed by atoms with Gasteiger partial charge in [-0.2, -0.15) is 0 Å². The van der Waals surface area contributed by atoms with E-state index in [9.17, 15) is 14.7 Å². The number of alkyl halides is 2. The predicted molar refractivity (Wildman–Crippen MR) is 110 cm³/mol. The van der Waals surface area contributed by atoms with E-state index >= 15 is 8.78 Å². The Morgan fingerprint density at radius 2 is 1.87 bits per heavy atom. The molecular formula is C25H32F2O4. The lowest BCUT2D eigenvalue weighted by Gasteiger charge is -2.62. The van der Waals surface area contributed by atoms with E-state index in [1.54, 1.807) is 6.92 Å². The van der Waals surface area contributed by atoms with Crippen LogP contribution in [0.15, 0.2) is 23.8 Å². The lowest BCUT2D eigenvalue weighted by molar-refractivity contribution is -0.213.